The van der Waals surface area contributed by atoms with Gasteiger partial charge in [0, 0.05) is 86.2 Å². The largest absolute Gasteiger partial charge is 0.508 e. The van der Waals surface area contributed by atoms with E-state index in [1.165, 1.54) is 42.6 Å². The first-order valence-electron chi connectivity index (χ1n) is 27.7. The van der Waals surface area contributed by atoms with Crippen molar-refractivity contribution in [1.82, 2.24) is 30.5 Å². The number of terminal acetylenes is 1. The van der Waals surface area contributed by atoms with Gasteiger partial charge in [-0.3, -0.25) is 19.6 Å². The van der Waals surface area contributed by atoms with Gasteiger partial charge in [-0.25, -0.2) is 26.9 Å². The minimum Gasteiger partial charge on any atom is -0.508 e. The number of hydrogen-bond donors (Lipinski definition) is 4. The normalized spacial score (nSPS) is 21.5. The third-order valence-electron chi connectivity index (χ3n) is 16.3. The van der Waals surface area contributed by atoms with Crippen LogP contribution >= 0.6 is 0 Å². The summed E-state index contributed by atoms with van der Waals surface area (Å²) in [6.45, 7) is 15.8. The molecule has 5 unspecified atom stereocenters. The predicted molar refractivity (Wildman–Crippen MR) is 305 cm³/mol. The van der Waals surface area contributed by atoms with Gasteiger partial charge in [0.25, 0.3) is 5.88 Å². The molecule has 4 aromatic carbocycles. The minimum atomic E-state index is -1.02. The molecule has 432 valence electrons. The van der Waals surface area contributed by atoms with Crippen molar-refractivity contribution < 1.29 is 51.0 Å². The third kappa shape index (κ3) is 12.4. The Kier molecular flexibility index (Phi) is 18.1. The number of ether oxygens (including phenoxy) is 1. The van der Waals surface area contributed by atoms with E-state index in [4.69, 9.17) is 25.8 Å². The van der Waals surface area contributed by atoms with Gasteiger partial charge in [-0.1, -0.05) is 57.0 Å². The summed E-state index contributed by atoms with van der Waals surface area (Å²) >= 11 is 0. The lowest BCUT2D eigenvalue weighted by Crippen LogP contribution is -2.50. The monoisotopic (exact) mass is 1130 g/mol. The Hall–Kier alpha value is -7.73. The van der Waals surface area contributed by atoms with Crippen LogP contribution in [0, 0.1) is 46.9 Å². The number of piperazine rings is 1. The van der Waals surface area contributed by atoms with Gasteiger partial charge in [0.2, 0.25) is 11.8 Å². The molecule has 5 aromatic rings. The third-order valence-corrected chi connectivity index (χ3v) is 16.3. The second kappa shape index (κ2) is 25.2. The van der Waals surface area contributed by atoms with Crippen LogP contribution in [0.1, 0.15) is 101 Å². The number of rotatable bonds is 16. The van der Waals surface area contributed by atoms with Crippen LogP contribution in [0.5, 0.6) is 11.6 Å². The number of phenolic OH excluding ortho intramolecular Hbond substituents is 1. The summed E-state index contributed by atoms with van der Waals surface area (Å²) in [5.74, 6) is -2.76. The van der Waals surface area contributed by atoms with Gasteiger partial charge < -0.3 is 44.8 Å². The van der Waals surface area contributed by atoms with Gasteiger partial charge in [-0.2, -0.15) is 0 Å². The molecule has 20 heteroatoms. The summed E-state index contributed by atoms with van der Waals surface area (Å²) in [6, 6.07) is 13.9. The van der Waals surface area contributed by atoms with Crippen molar-refractivity contribution in [3.8, 4) is 35.1 Å². The van der Waals surface area contributed by atoms with Crippen molar-refractivity contribution in [3.63, 3.8) is 0 Å². The average molecular weight is 1130 g/mol. The molecule has 5 atom stereocenters. The zero-order valence-corrected chi connectivity index (χ0v) is 46.6. The smallest absolute Gasteiger partial charge is 0.254 e. The molecule has 4 N–H and O–H groups in total. The standard InChI is InChI=1S/C61H64F5N9O5.CH4O/c1-7-43-46(63)17-14-38-25-42(76)28-44(53(38)43)56-55(66)57(45(30-69-56)58(67-6)74-31-40-15-16-41(32-74)71-40)68-20-24-73-22-18-61(5,19-23-73)33-79-51-29-50(80-72-51)52(34(2)3)60(78)75-21-8-9-49(75)59(77)70-35(4)36-10-12-37(13-11-36)54-47(64)26-39(62)27-48(54)65;1-2/h1,10-14,17,25-30,34-35,40-41,49,52,71,76H,6,8-9,15-16,18-24,31-33H2,2-5H3,(H,70,77);2H,1H3/b58-45+,68-57?;. The molecule has 4 saturated heterocycles. The Morgan fingerprint density at radius 2 is 1.65 bits per heavy atom. The van der Waals surface area contributed by atoms with Crippen molar-refractivity contribution in [3.05, 3.63) is 130 Å². The molecule has 5 aliphatic heterocycles. The number of likely N-dealkylation sites (tertiary alicyclic amines) is 3. The Morgan fingerprint density at radius 1 is 0.951 bits per heavy atom. The lowest BCUT2D eigenvalue weighted by molar-refractivity contribution is -0.141. The first kappa shape index (κ1) is 58.9. The van der Waals surface area contributed by atoms with E-state index in [0.717, 1.165) is 32.8 Å². The fourth-order valence-electron chi connectivity index (χ4n) is 11.9. The number of nitrogens with zero attached hydrogens (tertiary/aromatic N) is 7. The molecule has 0 radical (unpaired) electrons. The van der Waals surface area contributed by atoms with Crippen LogP contribution in [0.25, 0.3) is 27.6 Å². The van der Waals surface area contributed by atoms with E-state index in [9.17, 15) is 27.9 Å². The van der Waals surface area contributed by atoms with E-state index in [-0.39, 0.29) is 92.5 Å². The first-order valence-corrected chi connectivity index (χ1v) is 27.7. The van der Waals surface area contributed by atoms with Gasteiger partial charge in [-0.05, 0) is 111 Å². The number of aliphatic hydroxyl groups is 1. The van der Waals surface area contributed by atoms with Crippen LogP contribution in [-0.4, -0.2) is 138 Å². The minimum absolute atomic E-state index is 0.0315. The molecule has 82 heavy (non-hydrogen) atoms. The van der Waals surface area contributed by atoms with Gasteiger partial charge in [0.05, 0.1) is 35.9 Å². The predicted octanol–water partition coefficient (Wildman–Crippen LogP) is 9.65. The maximum absolute atomic E-state index is 17.3. The lowest BCUT2D eigenvalue weighted by Gasteiger charge is -2.38. The summed E-state index contributed by atoms with van der Waals surface area (Å²) in [4.78, 5) is 48.0. The Labute approximate surface area is 473 Å². The molecule has 2 amide bonds. The van der Waals surface area contributed by atoms with Crippen molar-refractivity contribution in [2.75, 3.05) is 59.5 Å². The molecule has 15 nitrogen and oxygen atoms in total. The summed E-state index contributed by atoms with van der Waals surface area (Å²) < 4.78 is 87.0. The Bertz CT molecular complexity index is 3360. The van der Waals surface area contributed by atoms with Gasteiger partial charge >= 0.3 is 0 Å². The molecular weight excluding hydrogens is 1060 g/mol. The van der Waals surface area contributed by atoms with E-state index in [2.05, 4.69) is 55.1 Å². The Balaban J connectivity index is 0.00000401. The highest BCUT2D eigenvalue weighted by Crippen LogP contribution is 2.40. The number of carbonyl (C=O) groups is 2. The number of benzene rings is 4. The SMILES string of the molecule is C#Cc1c(F)ccc2cc(O)cc(C3=C(F)C(=NCCN4CCC(C)(COc5cc(C(C(=O)N6CCCC6C(=O)NC(C)c6ccc(-c7c(F)cc(F)cc7F)cc6)C(C)C)on5)CC4)/C(=C(\N=C)N4CC5CCC(C4)N5)C=N3)c12.CO. The number of carbonyl (C=O) groups excluding carboxylic acids is 2. The van der Waals surface area contributed by atoms with Crippen molar-refractivity contribution >= 4 is 46.9 Å². The molecule has 1 aromatic heterocycles. The number of aromatic nitrogens is 1. The fourth-order valence-corrected chi connectivity index (χ4v) is 11.9. The van der Waals surface area contributed by atoms with Gasteiger partial charge in [0.15, 0.2) is 11.6 Å². The highest BCUT2D eigenvalue weighted by atomic mass is 19.2. The fraction of sp³-hybridized carbons (Fsp3) is 0.419. The number of nitrogens with one attached hydrogen (secondary N) is 2. The number of aliphatic imine (C=N–C) groups is 3. The molecular formula is C62H68F5N9O6. The zero-order valence-electron chi connectivity index (χ0n) is 46.6. The average Bonchev–Trinajstić information content (AvgIpc) is 4.35. The van der Waals surface area contributed by atoms with Gasteiger partial charge in [0.1, 0.15) is 58.2 Å². The van der Waals surface area contributed by atoms with E-state index < -0.39 is 47.1 Å². The highest BCUT2D eigenvalue weighted by Gasteiger charge is 2.41. The quantitative estimate of drug-likeness (QED) is 0.0422. The number of fused-ring (bicyclic) bond motifs is 3. The van der Waals surface area contributed by atoms with E-state index in [0.29, 0.717) is 99.0 Å². The van der Waals surface area contributed by atoms with Crippen molar-refractivity contribution in [2.24, 2.45) is 26.3 Å². The van der Waals surface area contributed by atoms with Crippen LogP contribution in [-0.2, 0) is 9.59 Å². The summed E-state index contributed by atoms with van der Waals surface area (Å²) in [5.41, 5.74) is 0.625. The van der Waals surface area contributed by atoms with E-state index in [1.54, 1.807) is 30.0 Å². The maximum Gasteiger partial charge on any atom is 0.254 e. The summed E-state index contributed by atoms with van der Waals surface area (Å²) in [5, 5.41) is 29.2. The molecule has 10 rings (SSSR count). The number of aromatic hydroxyl groups is 1. The number of piperidine rings is 1. The van der Waals surface area contributed by atoms with Crippen LogP contribution in [0.2, 0.25) is 0 Å². The molecule has 0 aliphatic carbocycles. The Morgan fingerprint density at radius 3 is 2.30 bits per heavy atom. The number of aliphatic hydroxyl groups excluding tert-OH is 1. The molecule has 4 fully saturated rings. The maximum atomic E-state index is 17.3. The van der Waals surface area contributed by atoms with Crippen LogP contribution in [0.3, 0.4) is 0 Å². The second-order valence-corrected chi connectivity index (χ2v) is 22.3. The van der Waals surface area contributed by atoms with Crippen molar-refractivity contribution in [1.29, 1.82) is 0 Å². The molecule has 2 bridgehead atoms. The molecule has 0 saturated carbocycles. The number of amides is 2. The van der Waals surface area contributed by atoms with Crippen LogP contribution < -0.4 is 15.4 Å². The first-order chi connectivity index (χ1) is 39.4. The number of allylic oxidation sites excluding steroid dienone is 2. The topological polar surface area (TPSA) is 181 Å². The highest BCUT2D eigenvalue weighted by molar-refractivity contribution is 6.29. The van der Waals surface area contributed by atoms with E-state index >= 15 is 8.78 Å². The number of phenols is 1. The van der Waals surface area contributed by atoms with Gasteiger partial charge in [-0.15, -0.1) is 6.42 Å². The number of halogens is 5. The second-order valence-electron chi connectivity index (χ2n) is 22.3. The number of hydrogen-bond acceptors (Lipinski definition) is 13. The molecule has 5 aliphatic rings. The summed E-state index contributed by atoms with van der Waals surface area (Å²) in [6.07, 6.45) is 12.0. The molecule has 6 heterocycles. The molecule has 0 spiro atoms. The lowest BCUT2D eigenvalue weighted by atomic mass is 9.81. The van der Waals surface area contributed by atoms with Crippen LogP contribution in [0.15, 0.2) is 103 Å². The summed E-state index contributed by atoms with van der Waals surface area (Å²) in [7, 11) is 1.00. The zero-order chi connectivity index (χ0) is 58.6. The van der Waals surface area contributed by atoms with Crippen molar-refractivity contribution in [2.45, 2.75) is 96.3 Å². The van der Waals surface area contributed by atoms with Crippen LogP contribution in [0.4, 0.5) is 22.0 Å². The van der Waals surface area contributed by atoms with E-state index in [1.807, 2.05) is 13.8 Å².